The molecule has 0 aliphatic carbocycles. The molecule has 0 radical (unpaired) electrons. The Balaban J connectivity index is 2.28. The molecule has 98 valence electrons. The highest BCUT2D eigenvalue weighted by atomic mass is 35.5. The first-order valence-electron chi connectivity index (χ1n) is 5.40. The van der Waals surface area contributed by atoms with E-state index in [2.05, 4.69) is 0 Å². The molecule has 2 rings (SSSR count). The fourth-order valence-electron chi connectivity index (χ4n) is 1.57. The lowest BCUT2D eigenvalue weighted by Gasteiger charge is -2.08. The monoisotopic (exact) mass is 314 g/mol. The molecular formula is C14H9Cl3O2. The molecule has 0 unspecified atom stereocenters. The van der Waals surface area contributed by atoms with Crippen LogP contribution < -0.4 is 4.74 Å². The van der Waals surface area contributed by atoms with E-state index in [0.717, 1.165) is 0 Å². The summed E-state index contributed by atoms with van der Waals surface area (Å²) < 4.78 is 5.59. The van der Waals surface area contributed by atoms with Gasteiger partial charge in [-0.05, 0) is 37.3 Å². The predicted molar refractivity (Wildman–Crippen MR) is 78.0 cm³/mol. The van der Waals surface area contributed by atoms with E-state index in [0.29, 0.717) is 32.1 Å². The Morgan fingerprint density at radius 1 is 0.947 bits per heavy atom. The van der Waals surface area contributed by atoms with Gasteiger partial charge in [-0.1, -0.05) is 34.8 Å². The van der Waals surface area contributed by atoms with Gasteiger partial charge < -0.3 is 4.74 Å². The third-order valence-electron chi connectivity index (χ3n) is 2.39. The number of hydrogen-bond donors (Lipinski definition) is 0. The quantitative estimate of drug-likeness (QED) is 0.685. The molecule has 2 nitrogen and oxygen atoms in total. The molecule has 0 aliphatic rings. The maximum Gasteiger partial charge on any atom is 0.161 e. The van der Waals surface area contributed by atoms with Crippen LogP contribution in [0.3, 0.4) is 0 Å². The zero-order chi connectivity index (χ0) is 14.0. The van der Waals surface area contributed by atoms with Crippen LogP contribution in [0.5, 0.6) is 11.5 Å². The summed E-state index contributed by atoms with van der Waals surface area (Å²) in [7, 11) is 0. The number of halogens is 3. The van der Waals surface area contributed by atoms with Crippen molar-refractivity contribution in [3.8, 4) is 11.5 Å². The van der Waals surface area contributed by atoms with Gasteiger partial charge in [-0.3, -0.25) is 4.79 Å². The Hall–Kier alpha value is -1.22. The second-order valence-electron chi connectivity index (χ2n) is 3.91. The lowest BCUT2D eigenvalue weighted by molar-refractivity contribution is 0.101. The molecule has 0 amide bonds. The second-order valence-corrected chi connectivity index (χ2v) is 5.19. The van der Waals surface area contributed by atoms with Crippen molar-refractivity contribution >= 4 is 40.6 Å². The molecule has 5 heteroatoms. The molecule has 0 N–H and O–H groups in total. The van der Waals surface area contributed by atoms with E-state index in [9.17, 15) is 4.79 Å². The Morgan fingerprint density at radius 2 is 1.58 bits per heavy atom. The number of hydrogen-bond acceptors (Lipinski definition) is 2. The van der Waals surface area contributed by atoms with Crippen molar-refractivity contribution in [2.24, 2.45) is 0 Å². The highest BCUT2D eigenvalue weighted by Gasteiger charge is 2.08. The van der Waals surface area contributed by atoms with Crippen molar-refractivity contribution < 1.29 is 9.53 Å². The minimum absolute atomic E-state index is 0.0950. The van der Waals surface area contributed by atoms with E-state index < -0.39 is 0 Å². The van der Waals surface area contributed by atoms with E-state index >= 15 is 0 Å². The molecule has 19 heavy (non-hydrogen) atoms. The first-order valence-corrected chi connectivity index (χ1v) is 6.53. The summed E-state index contributed by atoms with van der Waals surface area (Å²) in [6.45, 7) is 1.46. The number of rotatable bonds is 3. The molecule has 0 aromatic heterocycles. The maximum absolute atomic E-state index is 11.3. The van der Waals surface area contributed by atoms with Gasteiger partial charge in [-0.15, -0.1) is 0 Å². The van der Waals surface area contributed by atoms with Crippen LogP contribution in [0.15, 0.2) is 36.4 Å². The fourth-order valence-corrected chi connectivity index (χ4v) is 2.38. The van der Waals surface area contributed by atoms with Gasteiger partial charge >= 0.3 is 0 Å². The van der Waals surface area contributed by atoms with E-state index in [1.54, 1.807) is 36.4 Å². The van der Waals surface area contributed by atoms with Crippen molar-refractivity contribution in [3.63, 3.8) is 0 Å². The van der Waals surface area contributed by atoms with Crippen LogP contribution in [-0.4, -0.2) is 5.78 Å². The van der Waals surface area contributed by atoms with Crippen LogP contribution in [0, 0.1) is 0 Å². The molecule has 0 atom stereocenters. The minimum atomic E-state index is -0.0950. The number of ketones is 1. The van der Waals surface area contributed by atoms with Gasteiger partial charge in [0.15, 0.2) is 5.78 Å². The largest absolute Gasteiger partial charge is 0.457 e. The molecule has 0 fully saturated rings. The molecule has 2 aromatic rings. The summed E-state index contributed by atoms with van der Waals surface area (Å²) in [4.78, 5) is 11.3. The zero-order valence-corrected chi connectivity index (χ0v) is 12.2. The molecule has 0 saturated heterocycles. The minimum Gasteiger partial charge on any atom is -0.457 e. The molecule has 2 aromatic carbocycles. The van der Waals surface area contributed by atoms with Crippen LogP contribution in [0.1, 0.15) is 17.3 Å². The predicted octanol–water partition coefficient (Wildman–Crippen LogP) is 5.64. The summed E-state index contributed by atoms with van der Waals surface area (Å²) in [6.07, 6.45) is 0. The Labute approximate surface area is 125 Å². The van der Waals surface area contributed by atoms with Crippen molar-refractivity contribution in [2.75, 3.05) is 0 Å². The number of benzene rings is 2. The maximum atomic E-state index is 11.3. The standard InChI is InChI=1S/C14H9Cl3O2/c1-8(18)13-3-2-11(7-14(13)17)19-12-5-9(15)4-10(16)6-12/h2-7H,1H3. The summed E-state index contributed by atoms with van der Waals surface area (Å²) in [5, 5.41) is 1.31. The van der Waals surface area contributed by atoms with Crippen LogP contribution in [0.25, 0.3) is 0 Å². The highest BCUT2D eigenvalue weighted by molar-refractivity contribution is 6.35. The number of Topliss-reactive ketones (excluding diaryl/α,β-unsaturated/α-hetero) is 1. The van der Waals surface area contributed by atoms with Crippen molar-refractivity contribution in [1.82, 2.24) is 0 Å². The van der Waals surface area contributed by atoms with Gasteiger partial charge in [-0.25, -0.2) is 0 Å². The highest BCUT2D eigenvalue weighted by Crippen LogP contribution is 2.30. The van der Waals surface area contributed by atoms with E-state index in [-0.39, 0.29) is 5.78 Å². The van der Waals surface area contributed by atoms with Crippen molar-refractivity contribution in [2.45, 2.75) is 6.92 Å². The Morgan fingerprint density at radius 3 is 2.11 bits per heavy atom. The third-order valence-corrected chi connectivity index (χ3v) is 3.14. The van der Waals surface area contributed by atoms with Crippen molar-refractivity contribution in [3.05, 3.63) is 57.0 Å². The first-order chi connectivity index (χ1) is 8.95. The van der Waals surface area contributed by atoms with Crippen LogP contribution in [-0.2, 0) is 0 Å². The molecular weight excluding hydrogens is 307 g/mol. The molecule has 0 heterocycles. The van der Waals surface area contributed by atoms with Gasteiger partial charge in [0.05, 0.1) is 5.02 Å². The summed E-state index contributed by atoms with van der Waals surface area (Å²) in [5.74, 6) is 0.917. The van der Waals surface area contributed by atoms with Gasteiger partial charge in [0.1, 0.15) is 11.5 Å². The first kappa shape index (κ1) is 14.2. The van der Waals surface area contributed by atoms with Crippen LogP contribution in [0.4, 0.5) is 0 Å². The summed E-state index contributed by atoms with van der Waals surface area (Å²) >= 11 is 17.8. The van der Waals surface area contributed by atoms with Crippen LogP contribution in [0.2, 0.25) is 15.1 Å². The lowest BCUT2D eigenvalue weighted by Crippen LogP contribution is -1.93. The Bertz CT molecular complexity index is 618. The zero-order valence-electron chi connectivity index (χ0n) is 9.91. The Kier molecular flexibility index (Phi) is 4.35. The van der Waals surface area contributed by atoms with Gasteiger partial charge in [-0.2, -0.15) is 0 Å². The lowest BCUT2D eigenvalue weighted by atomic mass is 10.1. The summed E-state index contributed by atoms with van der Waals surface area (Å²) in [6, 6.07) is 9.75. The normalized spacial score (nSPS) is 10.3. The fraction of sp³-hybridized carbons (Fsp3) is 0.0714. The van der Waals surface area contributed by atoms with Gasteiger partial charge in [0.2, 0.25) is 0 Å². The average Bonchev–Trinajstić information content (AvgIpc) is 2.26. The van der Waals surface area contributed by atoms with Gasteiger partial charge in [0, 0.05) is 21.7 Å². The molecule has 0 bridgehead atoms. The number of carbonyl (C=O) groups is 1. The average molecular weight is 316 g/mol. The smallest absolute Gasteiger partial charge is 0.161 e. The van der Waals surface area contributed by atoms with Crippen LogP contribution >= 0.6 is 34.8 Å². The van der Waals surface area contributed by atoms with E-state index in [1.165, 1.54) is 6.92 Å². The molecule has 0 spiro atoms. The summed E-state index contributed by atoms with van der Waals surface area (Å²) in [5.41, 5.74) is 0.457. The van der Waals surface area contributed by atoms with E-state index in [4.69, 9.17) is 39.5 Å². The SMILES string of the molecule is CC(=O)c1ccc(Oc2cc(Cl)cc(Cl)c2)cc1Cl. The second kappa shape index (κ2) is 5.83. The molecule has 0 aliphatic heterocycles. The van der Waals surface area contributed by atoms with E-state index in [1.807, 2.05) is 0 Å². The molecule has 0 saturated carbocycles. The van der Waals surface area contributed by atoms with Gasteiger partial charge in [0.25, 0.3) is 0 Å². The van der Waals surface area contributed by atoms with Crippen molar-refractivity contribution in [1.29, 1.82) is 0 Å². The third kappa shape index (κ3) is 3.63. The number of carbonyl (C=O) groups excluding carboxylic acids is 1. The number of ether oxygens (including phenoxy) is 1. The topological polar surface area (TPSA) is 26.3 Å².